The van der Waals surface area contributed by atoms with Crippen LogP contribution in [0.15, 0.2) is 18.3 Å². The Bertz CT molecular complexity index is 403. The summed E-state index contributed by atoms with van der Waals surface area (Å²) >= 11 is 0. The number of rotatable bonds is 4. The van der Waals surface area contributed by atoms with Crippen LogP contribution in [0, 0.1) is 0 Å². The molecule has 1 aromatic rings. The zero-order valence-electron chi connectivity index (χ0n) is 10.6. The molecule has 5 nitrogen and oxygen atoms in total. The minimum Gasteiger partial charge on any atom is -0.374 e. The van der Waals surface area contributed by atoms with E-state index in [9.17, 15) is 4.79 Å². The molecular weight excluding hydrogens is 230 g/mol. The van der Waals surface area contributed by atoms with Crippen LogP contribution in [-0.4, -0.2) is 43.2 Å². The van der Waals surface area contributed by atoms with Crippen LogP contribution in [0.3, 0.4) is 0 Å². The molecule has 2 heterocycles. The third kappa shape index (κ3) is 3.27. The average molecular weight is 249 g/mol. The van der Waals surface area contributed by atoms with Crippen LogP contribution in [0.2, 0.25) is 0 Å². The van der Waals surface area contributed by atoms with Crippen molar-refractivity contribution < 1.29 is 9.53 Å². The van der Waals surface area contributed by atoms with Gasteiger partial charge in [-0.1, -0.05) is 13.0 Å². The standard InChI is InChI=1S/C13H19N3O2/c1-2-10-4-3-5-15-12(10)13(17)16-9-11-8-14-6-7-18-11/h3-5,11,14H,2,6-9H2,1H3,(H,16,17). The molecule has 0 aliphatic carbocycles. The van der Waals surface area contributed by atoms with Gasteiger partial charge >= 0.3 is 0 Å². The Morgan fingerprint density at radius 3 is 3.28 bits per heavy atom. The second kappa shape index (κ2) is 6.47. The van der Waals surface area contributed by atoms with Gasteiger partial charge in [0.2, 0.25) is 0 Å². The molecule has 2 N–H and O–H groups in total. The van der Waals surface area contributed by atoms with Crippen LogP contribution in [0.4, 0.5) is 0 Å². The second-order valence-corrected chi connectivity index (χ2v) is 4.27. The van der Waals surface area contributed by atoms with Gasteiger partial charge < -0.3 is 15.4 Å². The van der Waals surface area contributed by atoms with E-state index in [1.54, 1.807) is 6.20 Å². The molecule has 98 valence electrons. The number of nitrogens with one attached hydrogen (secondary N) is 2. The molecule has 1 amide bonds. The van der Waals surface area contributed by atoms with Gasteiger partial charge in [-0.15, -0.1) is 0 Å². The largest absolute Gasteiger partial charge is 0.374 e. The summed E-state index contributed by atoms with van der Waals surface area (Å²) in [6.45, 7) is 4.89. The van der Waals surface area contributed by atoms with E-state index in [0.29, 0.717) is 18.8 Å². The lowest BCUT2D eigenvalue weighted by molar-refractivity contribution is 0.0286. The first-order valence-electron chi connectivity index (χ1n) is 6.35. The molecule has 1 fully saturated rings. The van der Waals surface area contributed by atoms with Gasteiger partial charge in [0.05, 0.1) is 12.7 Å². The molecule has 1 atom stereocenters. The van der Waals surface area contributed by atoms with E-state index in [1.165, 1.54) is 0 Å². The molecule has 18 heavy (non-hydrogen) atoms. The van der Waals surface area contributed by atoms with Crippen LogP contribution in [0.1, 0.15) is 23.0 Å². The maximum absolute atomic E-state index is 12.0. The third-order valence-corrected chi connectivity index (χ3v) is 2.98. The number of carbonyl (C=O) groups excluding carboxylic acids is 1. The first-order valence-corrected chi connectivity index (χ1v) is 6.35. The predicted molar refractivity (Wildman–Crippen MR) is 68.6 cm³/mol. The molecule has 0 aromatic carbocycles. The predicted octanol–water partition coefficient (Wildman–Crippen LogP) is 0.362. The van der Waals surface area contributed by atoms with Crippen molar-refractivity contribution in [2.45, 2.75) is 19.4 Å². The van der Waals surface area contributed by atoms with E-state index in [-0.39, 0.29) is 12.0 Å². The van der Waals surface area contributed by atoms with Crippen molar-refractivity contribution in [2.75, 3.05) is 26.2 Å². The van der Waals surface area contributed by atoms with Gasteiger partial charge in [-0.25, -0.2) is 0 Å². The maximum Gasteiger partial charge on any atom is 0.270 e. The van der Waals surface area contributed by atoms with E-state index in [4.69, 9.17) is 4.74 Å². The van der Waals surface area contributed by atoms with Gasteiger partial charge in [-0.2, -0.15) is 0 Å². The van der Waals surface area contributed by atoms with E-state index in [0.717, 1.165) is 25.1 Å². The first kappa shape index (κ1) is 13.0. The number of ether oxygens (including phenoxy) is 1. The van der Waals surface area contributed by atoms with Crippen LogP contribution in [0.25, 0.3) is 0 Å². The van der Waals surface area contributed by atoms with Crippen LogP contribution in [0.5, 0.6) is 0 Å². The molecule has 1 aromatic heterocycles. The summed E-state index contributed by atoms with van der Waals surface area (Å²) in [4.78, 5) is 16.2. The number of nitrogens with zero attached hydrogens (tertiary/aromatic N) is 1. The van der Waals surface area contributed by atoms with Crippen molar-refractivity contribution in [2.24, 2.45) is 0 Å². The summed E-state index contributed by atoms with van der Waals surface area (Å²) in [5.74, 6) is -0.123. The summed E-state index contributed by atoms with van der Waals surface area (Å²) in [6.07, 6.45) is 2.50. The Morgan fingerprint density at radius 2 is 2.56 bits per heavy atom. The Kier molecular flexibility index (Phi) is 4.66. The van der Waals surface area contributed by atoms with Crippen LogP contribution < -0.4 is 10.6 Å². The second-order valence-electron chi connectivity index (χ2n) is 4.27. The lowest BCUT2D eigenvalue weighted by Crippen LogP contribution is -2.45. The van der Waals surface area contributed by atoms with Crippen molar-refractivity contribution in [1.82, 2.24) is 15.6 Å². The molecule has 0 saturated carbocycles. The fourth-order valence-corrected chi connectivity index (χ4v) is 1.97. The van der Waals surface area contributed by atoms with Crippen LogP contribution in [-0.2, 0) is 11.2 Å². The highest BCUT2D eigenvalue weighted by molar-refractivity contribution is 5.93. The SMILES string of the molecule is CCc1cccnc1C(=O)NCC1CNCCO1. The van der Waals surface area contributed by atoms with Crippen molar-refractivity contribution in [3.63, 3.8) is 0 Å². The summed E-state index contributed by atoms with van der Waals surface area (Å²) < 4.78 is 5.52. The van der Waals surface area contributed by atoms with Gasteiger partial charge in [0, 0.05) is 25.8 Å². The fourth-order valence-electron chi connectivity index (χ4n) is 1.97. The van der Waals surface area contributed by atoms with Crippen molar-refractivity contribution in [3.8, 4) is 0 Å². The number of aromatic nitrogens is 1. The highest BCUT2D eigenvalue weighted by Gasteiger charge is 2.16. The van der Waals surface area contributed by atoms with Gasteiger partial charge in [0.15, 0.2) is 0 Å². The van der Waals surface area contributed by atoms with E-state index >= 15 is 0 Å². The van der Waals surface area contributed by atoms with E-state index in [1.807, 2.05) is 19.1 Å². The molecule has 0 bridgehead atoms. The lowest BCUT2D eigenvalue weighted by Gasteiger charge is -2.23. The molecule has 0 radical (unpaired) electrons. The lowest BCUT2D eigenvalue weighted by atomic mass is 10.1. The van der Waals surface area contributed by atoms with E-state index in [2.05, 4.69) is 15.6 Å². The summed E-state index contributed by atoms with van der Waals surface area (Å²) in [5, 5.41) is 6.11. The van der Waals surface area contributed by atoms with Crippen molar-refractivity contribution in [1.29, 1.82) is 0 Å². The molecule has 1 saturated heterocycles. The van der Waals surface area contributed by atoms with Gasteiger partial charge in [0.25, 0.3) is 5.91 Å². The Morgan fingerprint density at radius 1 is 1.67 bits per heavy atom. The number of pyridine rings is 1. The zero-order chi connectivity index (χ0) is 12.8. The molecule has 5 heteroatoms. The highest BCUT2D eigenvalue weighted by atomic mass is 16.5. The smallest absolute Gasteiger partial charge is 0.270 e. The normalized spacial score (nSPS) is 19.5. The Balaban J connectivity index is 1.90. The number of amides is 1. The summed E-state index contributed by atoms with van der Waals surface area (Å²) in [5.41, 5.74) is 1.49. The number of morpholine rings is 1. The summed E-state index contributed by atoms with van der Waals surface area (Å²) in [7, 11) is 0. The monoisotopic (exact) mass is 249 g/mol. The number of hydrogen-bond donors (Lipinski definition) is 2. The Hall–Kier alpha value is -1.46. The van der Waals surface area contributed by atoms with Gasteiger partial charge in [-0.05, 0) is 18.1 Å². The molecule has 1 unspecified atom stereocenters. The first-order chi connectivity index (χ1) is 8.81. The summed E-state index contributed by atoms with van der Waals surface area (Å²) in [6, 6.07) is 3.78. The fraction of sp³-hybridized carbons (Fsp3) is 0.538. The van der Waals surface area contributed by atoms with Gasteiger partial charge in [-0.3, -0.25) is 9.78 Å². The number of carbonyl (C=O) groups is 1. The molecular formula is C13H19N3O2. The average Bonchev–Trinajstić information content (AvgIpc) is 2.45. The number of aryl methyl sites for hydroxylation is 1. The topological polar surface area (TPSA) is 63.2 Å². The zero-order valence-corrected chi connectivity index (χ0v) is 10.6. The molecule has 1 aliphatic rings. The van der Waals surface area contributed by atoms with Crippen molar-refractivity contribution >= 4 is 5.91 Å². The number of hydrogen-bond acceptors (Lipinski definition) is 4. The third-order valence-electron chi connectivity index (χ3n) is 2.98. The molecule has 2 rings (SSSR count). The highest BCUT2D eigenvalue weighted by Crippen LogP contribution is 2.06. The quantitative estimate of drug-likeness (QED) is 0.809. The van der Waals surface area contributed by atoms with Crippen molar-refractivity contribution in [3.05, 3.63) is 29.6 Å². The molecule has 1 aliphatic heterocycles. The maximum atomic E-state index is 12.0. The van der Waals surface area contributed by atoms with Crippen LogP contribution >= 0.6 is 0 Å². The minimum atomic E-state index is -0.123. The Labute approximate surface area is 107 Å². The van der Waals surface area contributed by atoms with Gasteiger partial charge in [0.1, 0.15) is 5.69 Å². The van der Waals surface area contributed by atoms with E-state index < -0.39 is 0 Å². The molecule has 0 spiro atoms. The minimum absolute atomic E-state index is 0.0523.